The summed E-state index contributed by atoms with van der Waals surface area (Å²) in [5.41, 5.74) is 0. The van der Waals surface area contributed by atoms with Gasteiger partial charge in [-0.15, -0.1) is 11.8 Å². The van der Waals surface area contributed by atoms with Crippen molar-refractivity contribution in [2.75, 3.05) is 26.3 Å². The van der Waals surface area contributed by atoms with E-state index in [9.17, 15) is 14.7 Å². The number of morpholine rings is 1. The van der Waals surface area contributed by atoms with Crippen molar-refractivity contribution in [3.8, 4) is 0 Å². The first kappa shape index (κ1) is 14.6. The Hall–Kier alpha value is -0.790. The second-order valence-electron chi connectivity index (χ2n) is 5.38. The second-order valence-corrected chi connectivity index (χ2v) is 7.21. The number of quaternary nitrogens is 1. The molecular formula is C12H20N2O4S. The zero-order valence-electron chi connectivity index (χ0n) is 11.3. The third kappa shape index (κ3) is 3.04. The number of amides is 1. The van der Waals surface area contributed by atoms with Crippen LogP contribution < -0.4 is 10.4 Å². The molecule has 19 heavy (non-hydrogen) atoms. The first-order chi connectivity index (χ1) is 8.93. The van der Waals surface area contributed by atoms with E-state index in [0.29, 0.717) is 6.42 Å². The van der Waals surface area contributed by atoms with Gasteiger partial charge in [-0.3, -0.25) is 4.79 Å². The van der Waals surface area contributed by atoms with Gasteiger partial charge in [-0.25, -0.2) is 0 Å². The first-order valence-corrected chi connectivity index (χ1v) is 7.40. The topological polar surface area (TPSA) is 86.3 Å². The van der Waals surface area contributed by atoms with Crippen LogP contribution in [0.5, 0.6) is 0 Å². The average molecular weight is 288 g/mol. The van der Waals surface area contributed by atoms with Crippen molar-refractivity contribution >= 4 is 23.6 Å². The molecule has 0 aromatic carbocycles. The molecule has 0 aromatic rings. The molecule has 1 amide bonds. The lowest BCUT2D eigenvalue weighted by Crippen LogP contribution is -2.87. The van der Waals surface area contributed by atoms with E-state index in [1.807, 2.05) is 13.8 Å². The summed E-state index contributed by atoms with van der Waals surface area (Å²) in [5.74, 6) is -1.22. The lowest BCUT2D eigenvalue weighted by atomic mass is 9.98. The van der Waals surface area contributed by atoms with E-state index in [1.165, 1.54) is 4.90 Å². The van der Waals surface area contributed by atoms with Crippen LogP contribution >= 0.6 is 11.8 Å². The number of aliphatic carboxylic acids is 1. The van der Waals surface area contributed by atoms with E-state index in [-0.39, 0.29) is 11.3 Å². The Balaban J connectivity index is 0.000000186. The number of carboxylic acids is 1. The summed E-state index contributed by atoms with van der Waals surface area (Å²) < 4.78 is 4.62. The molecule has 0 saturated carbocycles. The molecule has 2 N–H and O–H groups in total. The normalized spacial score (nSPS) is 31.9. The van der Waals surface area contributed by atoms with Gasteiger partial charge in [-0.05, 0) is 13.8 Å². The van der Waals surface area contributed by atoms with Gasteiger partial charge in [-0.1, -0.05) is 0 Å². The predicted molar refractivity (Wildman–Crippen MR) is 68.2 cm³/mol. The van der Waals surface area contributed by atoms with Gasteiger partial charge in [0.05, 0.1) is 50.1 Å². The summed E-state index contributed by atoms with van der Waals surface area (Å²) >= 11 is 1.54. The quantitative estimate of drug-likeness (QED) is 0.552. The van der Waals surface area contributed by atoms with Gasteiger partial charge in [0, 0.05) is 4.75 Å². The SMILES string of the molecule is C1COCC[NH2+]1.CC1(C)SC2CC(=O)N2C1C(=O)[O-]. The first-order valence-electron chi connectivity index (χ1n) is 6.53. The average Bonchev–Trinajstić information content (AvgIpc) is 2.59. The maximum absolute atomic E-state index is 11.1. The van der Waals surface area contributed by atoms with E-state index >= 15 is 0 Å². The minimum atomic E-state index is -1.15. The van der Waals surface area contributed by atoms with Crippen molar-refractivity contribution in [3.05, 3.63) is 0 Å². The summed E-state index contributed by atoms with van der Waals surface area (Å²) in [5, 5.41) is 13.2. The number of hydrogen-bond donors (Lipinski definition) is 1. The molecule has 6 nitrogen and oxygen atoms in total. The number of fused-ring (bicyclic) bond motifs is 1. The van der Waals surface area contributed by atoms with Crippen molar-refractivity contribution in [2.45, 2.75) is 36.4 Å². The number of hydrogen-bond acceptors (Lipinski definition) is 5. The van der Waals surface area contributed by atoms with E-state index in [2.05, 4.69) is 5.32 Å². The minimum absolute atomic E-state index is 0.0606. The lowest BCUT2D eigenvalue weighted by Gasteiger charge is -2.39. The maximum Gasteiger partial charge on any atom is 0.227 e. The molecule has 0 bridgehead atoms. The molecule has 2 unspecified atom stereocenters. The highest BCUT2D eigenvalue weighted by molar-refractivity contribution is 8.01. The molecular weight excluding hydrogens is 268 g/mol. The van der Waals surface area contributed by atoms with Crippen LogP contribution in [0.4, 0.5) is 0 Å². The third-order valence-corrected chi connectivity index (χ3v) is 4.98. The van der Waals surface area contributed by atoms with Crippen LogP contribution in [0.2, 0.25) is 0 Å². The van der Waals surface area contributed by atoms with Crippen LogP contribution in [0.3, 0.4) is 0 Å². The fourth-order valence-corrected chi connectivity index (χ4v) is 4.16. The van der Waals surface area contributed by atoms with Gasteiger partial charge in [-0.2, -0.15) is 0 Å². The van der Waals surface area contributed by atoms with E-state index in [1.54, 1.807) is 11.8 Å². The van der Waals surface area contributed by atoms with Gasteiger partial charge < -0.3 is 24.9 Å². The van der Waals surface area contributed by atoms with Crippen LogP contribution in [-0.2, 0) is 14.3 Å². The summed E-state index contributed by atoms with van der Waals surface area (Å²) in [7, 11) is 0. The Kier molecular flexibility index (Phi) is 4.37. The smallest absolute Gasteiger partial charge is 0.227 e. The molecule has 7 heteroatoms. The predicted octanol–water partition coefficient (Wildman–Crippen LogP) is -2.23. The molecule has 3 heterocycles. The number of nitrogens with zero attached hydrogens (tertiary/aromatic N) is 1. The molecule has 0 aliphatic carbocycles. The monoisotopic (exact) mass is 288 g/mol. The number of β-lactam (4-membered cyclic amide) rings is 1. The van der Waals surface area contributed by atoms with Crippen LogP contribution in [0, 0.1) is 0 Å². The maximum atomic E-state index is 11.1. The van der Waals surface area contributed by atoms with E-state index < -0.39 is 16.8 Å². The van der Waals surface area contributed by atoms with Crippen molar-refractivity contribution in [2.24, 2.45) is 0 Å². The Morgan fingerprint density at radius 3 is 2.42 bits per heavy atom. The second kappa shape index (κ2) is 5.68. The minimum Gasteiger partial charge on any atom is -0.548 e. The van der Waals surface area contributed by atoms with Crippen LogP contribution in [0.25, 0.3) is 0 Å². The van der Waals surface area contributed by atoms with Gasteiger partial charge in [0.1, 0.15) is 0 Å². The summed E-state index contributed by atoms with van der Waals surface area (Å²) in [4.78, 5) is 23.4. The Morgan fingerprint density at radius 1 is 1.47 bits per heavy atom. The zero-order chi connectivity index (χ0) is 14.0. The fourth-order valence-electron chi connectivity index (χ4n) is 2.54. The number of thioether (sulfide) groups is 1. The molecule has 3 aliphatic heterocycles. The molecule has 0 radical (unpaired) electrons. The standard InChI is InChI=1S/C8H11NO3S.C4H9NO/c1-8(2)6(7(11)12)9-4(10)3-5(9)13-8;1-3-6-4-2-5-1/h5-6H,3H2,1-2H3,(H,11,12);5H,1-4H2. The molecule has 3 fully saturated rings. The summed E-state index contributed by atoms with van der Waals surface area (Å²) in [6.45, 7) is 7.87. The fraction of sp³-hybridized carbons (Fsp3) is 0.833. The highest BCUT2D eigenvalue weighted by atomic mass is 32.2. The highest BCUT2D eigenvalue weighted by Gasteiger charge is 2.55. The van der Waals surface area contributed by atoms with Gasteiger partial charge >= 0.3 is 0 Å². The van der Waals surface area contributed by atoms with Gasteiger partial charge in [0.2, 0.25) is 5.91 Å². The molecule has 3 aliphatic rings. The molecule has 3 saturated heterocycles. The zero-order valence-corrected chi connectivity index (χ0v) is 12.1. The van der Waals surface area contributed by atoms with E-state index in [0.717, 1.165) is 26.3 Å². The summed E-state index contributed by atoms with van der Waals surface area (Å²) in [6, 6.07) is -0.760. The number of carbonyl (C=O) groups is 2. The molecule has 2 atom stereocenters. The van der Waals surface area contributed by atoms with Crippen LogP contribution in [0.1, 0.15) is 20.3 Å². The largest absolute Gasteiger partial charge is 0.548 e. The Morgan fingerprint density at radius 2 is 2.11 bits per heavy atom. The third-order valence-electron chi connectivity index (χ3n) is 3.48. The van der Waals surface area contributed by atoms with Crippen LogP contribution in [0.15, 0.2) is 0 Å². The Bertz CT molecular complexity index is 359. The van der Waals surface area contributed by atoms with Crippen molar-refractivity contribution < 1.29 is 24.7 Å². The molecule has 108 valence electrons. The van der Waals surface area contributed by atoms with E-state index in [4.69, 9.17) is 4.74 Å². The van der Waals surface area contributed by atoms with Crippen molar-refractivity contribution in [3.63, 3.8) is 0 Å². The number of carbonyl (C=O) groups excluding carboxylic acids is 2. The lowest BCUT2D eigenvalue weighted by molar-refractivity contribution is -0.670. The Labute approximate surface area is 116 Å². The van der Waals surface area contributed by atoms with Gasteiger partial charge in [0.15, 0.2) is 0 Å². The molecule has 0 spiro atoms. The van der Waals surface area contributed by atoms with Crippen LogP contribution in [-0.4, -0.2) is 59.2 Å². The van der Waals surface area contributed by atoms with Crippen molar-refractivity contribution in [1.29, 1.82) is 0 Å². The number of nitrogens with two attached hydrogens (primary N) is 1. The van der Waals surface area contributed by atoms with Crippen molar-refractivity contribution in [1.82, 2.24) is 4.90 Å². The molecule has 0 aromatic heterocycles. The highest BCUT2D eigenvalue weighted by Crippen LogP contribution is 2.50. The molecule has 3 rings (SSSR count). The number of carboxylic acid groups (broad SMARTS) is 1. The van der Waals surface area contributed by atoms with Gasteiger partial charge in [0.25, 0.3) is 0 Å². The summed E-state index contributed by atoms with van der Waals surface area (Å²) in [6.07, 6.45) is 0.470. The number of rotatable bonds is 1. The number of ether oxygens (including phenoxy) is 1.